The topological polar surface area (TPSA) is 44.8 Å². The predicted octanol–water partition coefficient (Wildman–Crippen LogP) is 6.56. The maximum Gasteiger partial charge on any atom is 0.310 e. The minimum atomic E-state index is -1.85. The highest BCUT2D eigenvalue weighted by atomic mass is 28.4. The highest BCUT2D eigenvalue weighted by Crippen LogP contribution is 2.37. The van der Waals surface area contributed by atoms with E-state index >= 15 is 0 Å². The third kappa shape index (κ3) is 6.37. The molecular weight excluding hydrogens is 384 g/mol. The van der Waals surface area contributed by atoms with Gasteiger partial charge in [0, 0.05) is 0 Å². The Balaban J connectivity index is 3.31. The van der Waals surface area contributed by atoms with Gasteiger partial charge in [-0.2, -0.15) is 0 Å². The normalized spacial score (nSPS) is 12.0. The van der Waals surface area contributed by atoms with Crippen LogP contribution in [0.4, 0.5) is 0 Å². The van der Waals surface area contributed by atoms with Crippen LogP contribution in [-0.4, -0.2) is 29.2 Å². The van der Waals surface area contributed by atoms with E-state index in [-0.39, 0.29) is 12.4 Å². The third-order valence-corrected chi connectivity index (χ3v) is 15.2. The summed E-state index contributed by atoms with van der Waals surface area (Å²) in [6.07, 6.45) is 0.265. The van der Waals surface area contributed by atoms with Crippen molar-refractivity contribution in [2.45, 2.75) is 91.2 Å². The summed E-state index contributed by atoms with van der Waals surface area (Å²) in [4.78, 5) is 12.0. The molecule has 0 aromatic heterocycles. The van der Waals surface area contributed by atoms with Gasteiger partial charge in [0.25, 0.3) is 16.6 Å². The highest BCUT2D eigenvalue weighted by molar-refractivity contribution is 6.75. The van der Waals surface area contributed by atoms with Crippen LogP contribution in [-0.2, 0) is 16.0 Å². The van der Waals surface area contributed by atoms with Gasteiger partial charge in [-0.15, -0.1) is 0 Å². The molecule has 0 spiro atoms. The summed E-state index contributed by atoms with van der Waals surface area (Å²) in [6, 6.07) is 12.5. The molecule has 0 aliphatic carbocycles. The Morgan fingerprint density at radius 1 is 0.750 bits per heavy atom. The fourth-order valence-electron chi connectivity index (χ4n) is 3.60. The minimum absolute atomic E-state index is 0.202. The summed E-state index contributed by atoms with van der Waals surface area (Å²) in [5.74, 6) is 1.48. The maximum absolute atomic E-state index is 12.0. The van der Waals surface area contributed by atoms with Crippen molar-refractivity contribution in [1.29, 1.82) is 0 Å². The van der Waals surface area contributed by atoms with Gasteiger partial charge in [-0.3, -0.25) is 4.79 Å². The first-order valence-electron chi connectivity index (χ1n) is 11.0. The molecule has 28 heavy (non-hydrogen) atoms. The number of ether oxygens (including phenoxy) is 1. The van der Waals surface area contributed by atoms with Gasteiger partial charge in [-0.05, 0) is 60.9 Å². The average molecular weight is 425 g/mol. The van der Waals surface area contributed by atoms with E-state index in [1.54, 1.807) is 0 Å². The second kappa shape index (κ2) is 11.7. The first-order valence-corrected chi connectivity index (χ1v) is 16.1. The second-order valence-corrected chi connectivity index (χ2v) is 16.8. The zero-order valence-electron chi connectivity index (χ0n) is 19.0. The predicted molar refractivity (Wildman–Crippen MR) is 122 cm³/mol. The number of carbonyl (C=O) groups is 1. The van der Waals surface area contributed by atoms with E-state index in [0.717, 1.165) is 53.3 Å². The molecule has 160 valence electrons. The second-order valence-electron chi connectivity index (χ2n) is 7.45. The fourth-order valence-corrected chi connectivity index (χ4v) is 8.73. The van der Waals surface area contributed by atoms with Gasteiger partial charge >= 0.3 is 5.97 Å². The van der Waals surface area contributed by atoms with E-state index in [9.17, 15) is 4.79 Å². The first-order chi connectivity index (χ1) is 13.4. The summed E-state index contributed by atoms with van der Waals surface area (Å²) >= 11 is 0. The molecular formula is C22H40O4Si2. The Bertz CT molecular complexity index is 594. The smallest absolute Gasteiger partial charge is 0.310 e. The maximum atomic E-state index is 12.0. The number of rotatable bonds is 13. The molecule has 0 bridgehead atoms. The van der Waals surface area contributed by atoms with Crippen molar-refractivity contribution in [2.75, 3.05) is 6.61 Å². The number of benzene rings is 1. The molecule has 0 radical (unpaired) electrons. The molecule has 1 aromatic carbocycles. The molecule has 6 heteroatoms. The Hall–Kier alpha value is -1.28. The fraction of sp³-hybridized carbons (Fsp3) is 0.682. The molecule has 1 rings (SSSR count). The zero-order chi connectivity index (χ0) is 21.2. The molecule has 0 fully saturated rings. The van der Waals surface area contributed by atoms with Crippen LogP contribution >= 0.6 is 0 Å². The lowest BCUT2D eigenvalue weighted by Gasteiger charge is -2.34. The molecule has 0 aliphatic rings. The van der Waals surface area contributed by atoms with Crippen molar-refractivity contribution < 1.29 is 18.4 Å². The first kappa shape index (κ1) is 24.8. The summed E-state index contributed by atoms with van der Waals surface area (Å²) in [5.41, 5.74) is 0.920. The van der Waals surface area contributed by atoms with Crippen molar-refractivity contribution in [3.8, 4) is 11.5 Å². The standard InChI is InChI=1S/C22H40O4Si2/c1-8-24-22(23)18-19-15-16-20(25-27(9-2,10-3)11-4)21(17-19)26-28(12-5,13-6)14-7/h15-17H,8-14,18H2,1-7H3. The SMILES string of the molecule is CCOC(=O)Cc1ccc(O[Si](CC)(CC)CC)c(O[Si](CC)(CC)CC)c1. The largest absolute Gasteiger partial charge is 0.541 e. The zero-order valence-corrected chi connectivity index (χ0v) is 21.0. The molecule has 0 N–H and O–H groups in total. The Morgan fingerprint density at radius 3 is 1.64 bits per heavy atom. The lowest BCUT2D eigenvalue weighted by Crippen LogP contribution is -2.41. The van der Waals surface area contributed by atoms with Crippen LogP contribution in [0.25, 0.3) is 0 Å². The molecule has 0 unspecified atom stereocenters. The lowest BCUT2D eigenvalue weighted by molar-refractivity contribution is -0.142. The van der Waals surface area contributed by atoms with Gasteiger partial charge < -0.3 is 13.6 Å². The number of hydrogen-bond donors (Lipinski definition) is 0. The quantitative estimate of drug-likeness (QED) is 0.266. The minimum Gasteiger partial charge on any atom is -0.541 e. The molecule has 0 atom stereocenters. The Labute approximate surface area is 174 Å². The van der Waals surface area contributed by atoms with Crippen LogP contribution in [0.15, 0.2) is 18.2 Å². The Morgan fingerprint density at radius 2 is 1.21 bits per heavy atom. The van der Waals surface area contributed by atoms with E-state index in [2.05, 4.69) is 41.5 Å². The summed E-state index contributed by atoms with van der Waals surface area (Å²) < 4.78 is 18.5. The molecule has 0 amide bonds. The molecule has 0 saturated heterocycles. The summed E-state index contributed by atoms with van der Waals surface area (Å²) in [5, 5.41) is 0. The van der Waals surface area contributed by atoms with Gasteiger partial charge in [-0.25, -0.2) is 0 Å². The van der Waals surface area contributed by atoms with E-state index in [0.29, 0.717) is 6.61 Å². The van der Waals surface area contributed by atoms with Gasteiger partial charge in [0.05, 0.1) is 13.0 Å². The monoisotopic (exact) mass is 424 g/mol. The van der Waals surface area contributed by atoms with E-state index in [1.165, 1.54) is 0 Å². The van der Waals surface area contributed by atoms with Crippen LogP contribution in [0.5, 0.6) is 11.5 Å². The molecule has 4 nitrogen and oxygen atoms in total. The van der Waals surface area contributed by atoms with Gasteiger partial charge in [-0.1, -0.05) is 47.6 Å². The molecule has 1 aromatic rings. The van der Waals surface area contributed by atoms with Crippen LogP contribution in [0.2, 0.25) is 36.3 Å². The van der Waals surface area contributed by atoms with E-state index < -0.39 is 16.6 Å². The molecule has 0 aliphatic heterocycles. The van der Waals surface area contributed by atoms with Crippen LogP contribution in [0.3, 0.4) is 0 Å². The Kier molecular flexibility index (Phi) is 10.3. The van der Waals surface area contributed by atoms with E-state index in [4.69, 9.17) is 13.6 Å². The molecule has 0 heterocycles. The van der Waals surface area contributed by atoms with Gasteiger partial charge in [0.1, 0.15) is 11.5 Å². The van der Waals surface area contributed by atoms with Gasteiger partial charge in [0.2, 0.25) is 0 Å². The van der Waals surface area contributed by atoms with Crippen molar-refractivity contribution in [1.82, 2.24) is 0 Å². The summed E-state index contributed by atoms with van der Waals surface area (Å²) in [7, 11) is -3.67. The van der Waals surface area contributed by atoms with Gasteiger partial charge in [0.15, 0.2) is 0 Å². The van der Waals surface area contributed by atoms with Crippen LogP contribution < -0.4 is 8.85 Å². The molecule has 0 saturated carbocycles. The number of hydrogen-bond acceptors (Lipinski definition) is 4. The summed E-state index contributed by atoms with van der Waals surface area (Å²) in [6.45, 7) is 15.6. The number of carbonyl (C=O) groups excluding carboxylic acids is 1. The van der Waals surface area contributed by atoms with E-state index in [1.807, 2.05) is 25.1 Å². The van der Waals surface area contributed by atoms with Crippen molar-refractivity contribution >= 4 is 22.6 Å². The van der Waals surface area contributed by atoms with Crippen molar-refractivity contribution in [3.63, 3.8) is 0 Å². The van der Waals surface area contributed by atoms with Crippen LogP contribution in [0, 0.1) is 0 Å². The van der Waals surface area contributed by atoms with Crippen molar-refractivity contribution in [2.24, 2.45) is 0 Å². The average Bonchev–Trinajstić information content (AvgIpc) is 2.72. The van der Waals surface area contributed by atoms with Crippen LogP contribution in [0.1, 0.15) is 54.0 Å². The van der Waals surface area contributed by atoms with Crippen molar-refractivity contribution in [3.05, 3.63) is 23.8 Å². The lowest BCUT2D eigenvalue weighted by atomic mass is 10.1. The number of esters is 1. The third-order valence-electron chi connectivity index (χ3n) is 6.18. The highest BCUT2D eigenvalue weighted by Gasteiger charge is 2.35.